The number of carboxylic acid groups (broad SMARTS) is 1. The normalized spacial score (nSPS) is 25.7. The average Bonchev–Trinajstić information content (AvgIpc) is 3.14. The molecule has 0 amide bonds. The Labute approximate surface area is 150 Å². The molecule has 26 heavy (non-hydrogen) atoms. The van der Waals surface area contributed by atoms with Gasteiger partial charge in [0, 0.05) is 18.7 Å². The van der Waals surface area contributed by atoms with Crippen LogP contribution in [0.2, 0.25) is 0 Å². The first-order valence-corrected chi connectivity index (χ1v) is 10.1. The van der Waals surface area contributed by atoms with E-state index in [0.29, 0.717) is 12.0 Å². The van der Waals surface area contributed by atoms with Crippen molar-refractivity contribution in [2.24, 2.45) is 11.8 Å². The number of aliphatic carboxylic acids is 1. The van der Waals surface area contributed by atoms with Crippen molar-refractivity contribution in [2.75, 3.05) is 19.3 Å². The number of sulfonamides is 1. The highest BCUT2D eigenvalue weighted by Gasteiger charge is 2.45. The van der Waals surface area contributed by atoms with Gasteiger partial charge in [-0.25, -0.2) is 22.1 Å². The molecular weight excluding hydrogens is 361 g/mol. The van der Waals surface area contributed by atoms with Gasteiger partial charge in [-0.2, -0.15) is 0 Å². The summed E-state index contributed by atoms with van der Waals surface area (Å²) in [6.07, 6.45) is 4.76. The molecule has 4 rings (SSSR count). The monoisotopic (exact) mass is 379 g/mol. The summed E-state index contributed by atoms with van der Waals surface area (Å²) in [5, 5.41) is 9.74. The third kappa shape index (κ3) is 2.62. The Hall–Kier alpha value is -2.26. The van der Waals surface area contributed by atoms with Crippen LogP contribution in [0.25, 0.3) is 11.3 Å². The minimum Gasteiger partial charge on any atom is -0.481 e. The van der Waals surface area contributed by atoms with Crippen molar-refractivity contribution in [3.8, 4) is 11.3 Å². The molecule has 0 radical (unpaired) electrons. The van der Waals surface area contributed by atoms with E-state index in [-0.39, 0.29) is 30.9 Å². The van der Waals surface area contributed by atoms with Crippen LogP contribution in [0.4, 0.5) is 4.39 Å². The second-order valence-corrected chi connectivity index (χ2v) is 8.86. The van der Waals surface area contributed by atoms with Crippen LogP contribution in [0.15, 0.2) is 30.7 Å². The van der Waals surface area contributed by atoms with Crippen LogP contribution < -0.4 is 0 Å². The highest BCUT2D eigenvalue weighted by molar-refractivity contribution is 7.88. The fourth-order valence-corrected chi connectivity index (χ4v) is 5.08. The van der Waals surface area contributed by atoms with Crippen molar-refractivity contribution < 1.29 is 22.7 Å². The summed E-state index contributed by atoms with van der Waals surface area (Å²) in [5.41, 5.74) is 2.31. The molecule has 1 aromatic carbocycles. The molecule has 3 unspecified atom stereocenters. The Kier molecular flexibility index (Phi) is 3.89. The molecule has 2 aliphatic rings. The molecule has 9 heteroatoms. The maximum atomic E-state index is 13.7. The van der Waals surface area contributed by atoms with Crippen molar-refractivity contribution in [2.45, 2.75) is 12.5 Å². The van der Waals surface area contributed by atoms with E-state index < -0.39 is 21.9 Å². The molecule has 1 saturated heterocycles. The number of hydrogen-bond donors (Lipinski definition) is 1. The molecule has 1 aromatic heterocycles. The van der Waals surface area contributed by atoms with Gasteiger partial charge >= 0.3 is 5.97 Å². The predicted molar refractivity (Wildman–Crippen MR) is 91.4 cm³/mol. The number of carboxylic acids is 1. The van der Waals surface area contributed by atoms with E-state index in [1.165, 1.54) is 16.4 Å². The number of fused-ring (bicyclic) bond motifs is 3. The Morgan fingerprint density at radius 2 is 2.15 bits per heavy atom. The number of aromatic nitrogens is 2. The smallest absolute Gasteiger partial charge is 0.308 e. The fourth-order valence-electron chi connectivity index (χ4n) is 4.21. The van der Waals surface area contributed by atoms with Gasteiger partial charge in [0.1, 0.15) is 5.82 Å². The molecule has 0 saturated carbocycles. The van der Waals surface area contributed by atoms with E-state index in [0.717, 1.165) is 17.5 Å². The van der Waals surface area contributed by atoms with Gasteiger partial charge in [-0.15, -0.1) is 0 Å². The fraction of sp³-hybridized carbons (Fsp3) is 0.412. The molecule has 138 valence electrons. The number of imidazole rings is 1. The molecule has 7 nitrogen and oxygen atoms in total. The maximum absolute atomic E-state index is 13.7. The maximum Gasteiger partial charge on any atom is 0.308 e. The predicted octanol–water partition coefficient (Wildman–Crippen LogP) is 1.57. The first-order chi connectivity index (χ1) is 12.3. The van der Waals surface area contributed by atoms with Crippen LogP contribution in [0, 0.1) is 17.7 Å². The lowest BCUT2D eigenvalue weighted by molar-refractivity contribution is -0.145. The first-order valence-electron chi connectivity index (χ1n) is 8.27. The summed E-state index contributed by atoms with van der Waals surface area (Å²) in [7, 11) is -3.45. The molecule has 1 fully saturated rings. The van der Waals surface area contributed by atoms with Crippen LogP contribution in [0.1, 0.15) is 18.0 Å². The Morgan fingerprint density at radius 1 is 1.38 bits per heavy atom. The van der Waals surface area contributed by atoms with E-state index in [1.54, 1.807) is 18.6 Å². The summed E-state index contributed by atoms with van der Waals surface area (Å²) in [5.74, 6) is -2.56. The standard InChI is InChI=1S/C17H18FN3O4S/c1-26(24,25)20-5-4-12(14(8-20)17(22)23)16-11-3-2-10(18)6-13(11)15-7-19-9-21(15)16/h2-3,6-7,9,12,14,16H,4-5,8H2,1H3,(H,22,23). The zero-order valence-electron chi connectivity index (χ0n) is 14.0. The second kappa shape index (κ2) is 5.88. The van der Waals surface area contributed by atoms with Crippen molar-refractivity contribution in [1.29, 1.82) is 0 Å². The summed E-state index contributed by atoms with van der Waals surface area (Å²) in [4.78, 5) is 16.0. The lowest BCUT2D eigenvalue weighted by atomic mass is 9.78. The number of benzene rings is 1. The zero-order chi connectivity index (χ0) is 18.6. The summed E-state index contributed by atoms with van der Waals surface area (Å²) >= 11 is 0. The number of piperidine rings is 1. The SMILES string of the molecule is CS(=O)(=O)N1CCC(C2c3ccc(F)cc3-c3cncn32)C(C(=O)O)C1. The summed E-state index contributed by atoms with van der Waals surface area (Å²) in [6, 6.07) is 4.19. The third-order valence-corrected chi connectivity index (χ3v) is 6.67. The van der Waals surface area contributed by atoms with Gasteiger partial charge in [0.15, 0.2) is 0 Å². The molecule has 0 aliphatic carbocycles. The van der Waals surface area contributed by atoms with Gasteiger partial charge in [0.05, 0.1) is 36.4 Å². The zero-order valence-corrected chi connectivity index (χ0v) is 14.9. The van der Waals surface area contributed by atoms with Crippen molar-refractivity contribution in [3.63, 3.8) is 0 Å². The number of hydrogen-bond acceptors (Lipinski definition) is 4. The summed E-state index contributed by atoms with van der Waals surface area (Å²) in [6.45, 7) is 0.209. The van der Waals surface area contributed by atoms with Gasteiger partial charge in [0.25, 0.3) is 0 Å². The van der Waals surface area contributed by atoms with Gasteiger partial charge in [-0.1, -0.05) is 6.07 Å². The Bertz CT molecular complexity index is 988. The number of nitrogens with zero attached hydrogens (tertiary/aromatic N) is 3. The highest BCUT2D eigenvalue weighted by Crippen LogP contribution is 2.47. The number of halogens is 1. The minimum atomic E-state index is -3.45. The number of rotatable bonds is 3. The second-order valence-electron chi connectivity index (χ2n) is 6.88. The van der Waals surface area contributed by atoms with Crippen molar-refractivity contribution in [1.82, 2.24) is 13.9 Å². The summed E-state index contributed by atoms with van der Waals surface area (Å²) < 4.78 is 40.5. The van der Waals surface area contributed by atoms with Gasteiger partial charge in [0.2, 0.25) is 10.0 Å². The van der Waals surface area contributed by atoms with Crippen LogP contribution >= 0.6 is 0 Å². The lowest BCUT2D eigenvalue weighted by Crippen LogP contribution is -2.48. The van der Waals surface area contributed by atoms with Crippen LogP contribution in [0.5, 0.6) is 0 Å². The molecule has 3 atom stereocenters. The first kappa shape index (κ1) is 17.2. The third-order valence-electron chi connectivity index (χ3n) is 5.40. The molecule has 1 N–H and O–H groups in total. The van der Waals surface area contributed by atoms with E-state index >= 15 is 0 Å². The minimum absolute atomic E-state index is 0.0596. The number of carbonyl (C=O) groups is 1. The van der Waals surface area contributed by atoms with Crippen LogP contribution in [-0.2, 0) is 14.8 Å². The van der Waals surface area contributed by atoms with Crippen LogP contribution in [-0.4, -0.2) is 52.7 Å². The van der Waals surface area contributed by atoms with Gasteiger partial charge < -0.3 is 9.67 Å². The quantitative estimate of drug-likeness (QED) is 0.874. The largest absolute Gasteiger partial charge is 0.481 e. The molecular formula is C17H18FN3O4S. The van der Waals surface area contributed by atoms with E-state index in [9.17, 15) is 22.7 Å². The van der Waals surface area contributed by atoms with Crippen molar-refractivity contribution >= 4 is 16.0 Å². The lowest BCUT2D eigenvalue weighted by Gasteiger charge is -2.38. The molecule has 0 spiro atoms. The highest BCUT2D eigenvalue weighted by atomic mass is 32.2. The van der Waals surface area contributed by atoms with E-state index in [1.807, 2.05) is 4.57 Å². The van der Waals surface area contributed by atoms with Gasteiger partial charge in [-0.05, 0) is 30.0 Å². The van der Waals surface area contributed by atoms with Crippen LogP contribution in [0.3, 0.4) is 0 Å². The average molecular weight is 379 g/mol. The van der Waals surface area contributed by atoms with Gasteiger partial charge in [-0.3, -0.25) is 4.79 Å². The molecule has 0 bridgehead atoms. The molecule has 2 aromatic rings. The molecule has 3 heterocycles. The molecule has 2 aliphatic heterocycles. The Morgan fingerprint density at radius 3 is 2.85 bits per heavy atom. The topological polar surface area (TPSA) is 92.5 Å². The van der Waals surface area contributed by atoms with Crippen molar-refractivity contribution in [3.05, 3.63) is 42.1 Å². The Balaban J connectivity index is 1.77. The van der Waals surface area contributed by atoms with E-state index in [2.05, 4.69) is 4.98 Å². The van der Waals surface area contributed by atoms with E-state index in [4.69, 9.17) is 0 Å².